The molecule has 6 rings (SSSR count). The summed E-state index contributed by atoms with van der Waals surface area (Å²) in [5, 5.41) is 8.57. The van der Waals surface area contributed by atoms with E-state index in [9.17, 15) is 8.42 Å². The van der Waals surface area contributed by atoms with E-state index in [2.05, 4.69) is 0 Å². The van der Waals surface area contributed by atoms with E-state index in [-0.39, 0.29) is 10.9 Å². The summed E-state index contributed by atoms with van der Waals surface area (Å²) in [6, 6.07) is 33.8. The van der Waals surface area contributed by atoms with Crippen LogP contribution in [-0.2, 0) is 10.0 Å². The van der Waals surface area contributed by atoms with Crippen molar-refractivity contribution >= 4 is 43.9 Å². The first-order valence-electron chi connectivity index (χ1n) is 11.6. The minimum absolute atomic E-state index is 0.0486. The summed E-state index contributed by atoms with van der Waals surface area (Å²) in [5.41, 5.74) is 4.32. The summed E-state index contributed by atoms with van der Waals surface area (Å²) >= 11 is 6.16. The van der Waals surface area contributed by atoms with Gasteiger partial charge in [0.2, 0.25) is 0 Å². The molecule has 0 N–H and O–H groups in total. The molecule has 5 aromatic rings. The van der Waals surface area contributed by atoms with Crippen LogP contribution in [-0.4, -0.2) is 18.1 Å². The molecule has 7 heteroatoms. The molecule has 1 unspecified atom stereocenters. The van der Waals surface area contributed by atoms with Crippen LogP contribution >= 0.6 is 11.6 Å². The van der Waals surface area contributed by atoms with Crippen LogP contribution in [0.2, 0.25) is 5.02 Å². The predicted octanol–water partition coefficient (Wildman–Crippen LogP) is 6.89. The highest BCUT2D eigenvalue weighted by Crippen LogP contribution is 2.39. The van der Waals surface area contributed by atoms with Crippen molar-refractivity contribution in [1.29, 1.82) is 0 Å². The summed E-state index contributed by atoms with van der Waals surface area (Å²) < 4.78 is 28.5. The lowest BCUT2D eigenvalue weighted by Crippen LogP contribution is -2.18. The van der Waals surface area contributed by atoms with Gasteiger partial charge in [-0.05, 0) is 48.0 Å². The first kappa shape index (κ1) is 22.6. The molecule has 0 saturated heterocycles. The van der Waals surface area contributed by atoms with Crippen molar-refractivity contribution in [2.45, 2.75) is 17.4 Å². The number of para-hydroxylation sites is 2. The maximum absolute atomic E-state index is 13.6. The third-order valence-corrected chi connectivity index (χ3v) is 8.41. The molecule has 0 amide bonds. The molecule has 1 atom stereocenters. The maximum atomic E-state index is 13.6. The van der Waals surface area contributed by atoms with Gasteiger partial charge in [0.15, 0.2) is 0 Å². The minimum Gasteiger partial charge on any atom is -0.257 e. The largest absolute Gasteiger partial charge is 0.268 e. The average molecular weight is 512 g/mol. The van der Waals surface area contributed by atoms with Gasteiger partial charge in [0, 0.05) is 28.6 Å². The molecule has 4 aromatic carbocycles. The molecule has 0 radical (unpaired) electrons. The first-order chi connectivity index (χ1) is 17.5. The minimum atomic E-state index is -3.78. The molecule has 2 heterocycles. The van der Waals surface area contributed by atoms with Gasteiger partial charge in [-0.3, -0.25) is 5.01 Å². The Morgan fingerprint density at radius 2 is 1.42 bits per heavy atom. The molecule has 0 spiro atoms. The lowest BCUT2D eigenvalue weighted by Gasteiger charge is -2.24. The second kappa shape index (κ2) is 8.97. The Balaban J connectivity index is 1.50. The smallest absolute Gasteiger partial charge is 0.257 e. The molecule has 5 nitrogen and oxygen atoms in total. The van der Waals surface area contributed by atoms with Crippen molar-refractivity contribution in [3.05, 3.63) is 132 Å². The molecule has 178 valence electrons. The Bertz CT molecular complexity index is 1680. The monoisotopic (exact) mass is 511 g/mol. The molecule has 1 aliphatic heterocycles. The number of anilines is 1. The lowest BCUT2D eigenvalue weighted by molar-refractivity contribution is 0.589. The van der Waals surface area contributed by atoms with Crippen LogP contribution in [0.5, 0.6) is 0 Å². The number of fused-ring (bicyclic) bond motifs is 1. The first-order valence-corrected chi connectivity index (χ1v) is 13.4. The highest BCUT2D eigenvalue weighted by atomic mass is 35.5. The number of aromatic nitrogens is 1. The van der Waals surface area contributed by atoms with Crippen LogP contribution in [0, 0.1) is 0 Å². The van der Waals surface area contributed by atoms with E-state index in [1.165, 1.54) is 3.97 Å². The molecular formula is C29H22ClN3O2S. The quantitative estimate of drug-likeness (QED) is 0.258. The summed E-state index contributed by atoms with van der Waals surface area (Å²) in [6.07, 6.45) is 2.33. The maximum Gasteiger partial charge on any atom is 0.268 e. The lowest BCUT2D eigenvalue weighted by atomic mass is 9.98. The Morgan fingerprint density at radius 3 is 2.14 bits per heavy atom. The standard InChI is InChI=1S/C29H22ClN3O2S/c30-22-17-15-21(16-18-22)29-19-27(31-33(29)23-9-3-1-4-10-23)26-20-32(28-14-8-7-13-25(26)28)36(34,35)24-11-5-2-6-12-24/h1-18,20,29H,19H2. The van der Waals surface area contributed by atoms with Crippen LogP contribution in [0.25, 0.3) is 10.9 Å². The second-order valence-electron chi connectivity index (χ2n) is 8.67. The van der Waals surface area contributed by atoms with Gasteiger partial charge in [0.05, 0.1) is 27.9 Å². The van der Waals surface area contributed by atoms with E-state index in [1.54, 1.807) is 36.5 Å². The Labute approximate surface area is 214 Å². The van der Waals surface area contributed by atoms with E-state index in [0.717, 1.165) is 27.9 Å². The van der Waals surface area contributed by atoms with Gasteiger partial charge in [-0.15, -0.1) is 0 Å². The van der Waals surface area contributed by atoms with Gasteiger partial charge in [-0.1, -0.05) is 78.3 Å². The van der Waals surface area contributed by atoms with Crippen LogP contribution in [0.3, 0.4) is 0 Å². The SMILES string of the molecule is O=S(=O)(c1ccccc1)n1cc(C2=NN(c3ccccc3)C(c3ccc(Cl)cc3)C2)c2ccccc21. The zero-order valence-electron chi connectivity index (χ0n) is 19.2. The van der Waals surface area contributed by atoms with Crippen LogP contribution in [0.1, 0.15) is 23.6 Å². The Hall–Kier alpha value is -3.87. The van der Waals surface area contributed by atoms with Gasteiger partial charge < -0.3 is 0 Å². The van der Waals surface area contributed by atoms with Crippen LogP contribution in [0.4, 0.5) is 5.69 Å². The van der Waals surface area contributed by atoms with E-state index in [0.29, 0.717) is 17.0 Å². The number of nitrogens with zero attached hydrogens (tertiary/aromatic N) is 3. The molecule has 0 saturated carbocycles. The highest BCUT2D eigenvalue weighted by Gasteiger charge is 2.32. The van der Waals surface area contributed by atoms with E-state index < -0.39 is 10.0 Å². The van der Waals surface area contributed by atoms with E-state index >= 15 is 0 Å². The van der Waals surface area contributed by atoms with Crippen molar-refractivity contribution in [2.24, 2.45) is 5.10 Å². The second-order valence-corrected chi connectivity index (χ2v) is 10.9. The van der Waals surface area contributed by atoms with Crippen molar-refractivity contribution in [1.82, 2.24) is 3.97 Å². The van der Waals surface area contributed by atoms with Crippen molar-refractivity contribution in [2.75, 3.05) is 5.01 Å². The highest BCUT2D eigenvalue weighted by molar-refractivity contribution is 7.90. The van der Waals surface area contributed by atoms with E-state index in [1.807, 2.05) is 83.9 Å². The van der Waals surface area contributed by atoms with Crippen LogP contribution < -0.4 is 5.01 Å². The Morgan fingerprint density at radius 1 is 0.778 bits per heavy atom. The van der Waals surface area contributed by atoms with Crippen molar-refractivity contribution in [3.8, 4) is 0 Å². The van der Waals surface area contributed by atoms with Gasteiger partial charge in [0.1, 0.15) is 0 Å². The molecule has 36 heavy (non-hydrogen) atoms. The number of halogens is 1. The number of hydrogen-bond donors (Lipinski definition) is 0. The fourth-order valence-corrected chi connectivity index (χ4v) is 6.24. The number of hydrogen-bond acceptors (Lipinski definition) is 4. The average Bonchev–Trinajstić information content (AvgIpc) is 3.53. The zero-order valence-corrected chi connectivity index (χ0v) is 20.8. The molecular weight excluding hydrogens is 490 g/mol. The van der Waals surface area contributed by atoms with Gasteiger partial charge in [-0.2, -0.15) is 5.10 Å². The van der Waals surface area contributed by atoms with E-state index in [4.69, 9.17) is 16.7 Å². The zero-order chi connectivity index (χ0) is 24.7. The molecule has 0 bridgehead atoms. The fraction of sp³-hybridized carbons (Fsp3) is 0.0690. The third-order valence-electron chi connectivity index (χ3n) is 6.47. The number of hydrazone groups is 1. The number of rotatable bonds is 5. The molecule has 0 aliphatic carbocycles. The third kappa shape index (κ3) is 3.88. The Kier molecular flexibility index (Phi) is 5.63. The van der Waals surface area contributed by atoms with Crippen molar-refractivity contribution in [3.63, 3.8) is 0 Å². The summed E-state index contributed by atoms with van der Waals surface area (Å²) in [4.78, 5) is 0.246. The molecule has 1 aliphatic rings. The molecule has 0 fully saturated rings. The topological polar surface area (TPSA) is 54.7 Å². The fourth-order valence-electron chi connectivity index (χ4n) is 4.72. The number of benzene rings is 4. The van der Waals surface area contributed by atoms with Crippen molar-refractivity contribution < 1.29 is 8.42 Å². The van der Waals surface area contributed by atoms with Gasteiger partial charge in [0.25, 0.3) is 10.0 Å². The van der Waals surface area contributed by atoms with Gasteiger partial charge >= 0.3 is 0 Å². The van der Waals surface area contributed by atoms with Gasteiger partial charge in [-0.25, -0.2) is 12.4 Å². The van der Waals surface area contributed by atoms with Crippen LogP contribution in [0.15, 0.2) is 125 Å². The summed E-state index contributed by atoms with van der Waals surface area (Å²) in [6.45, 7) is 0. The molecule has 1 aromatic heterocycles. The summed E-state index contributed by atoms with van der Waals surface area (Å²) in [7, 11) is -3.78. The normalized spacial score (nSPS) is 15.9. The summed E-state index contributed by atoms with van der Waals surface area (Å²) in [5.74, 6) is 0. The predicted molar refractivity (Wildman–Crippen MR) is 145 cm³/mol.